The van der Waals surface area contributed by atoms with Crippen LogP contribution < -0.4 is 9.62 Å². The topological polar surface area (TPSA) is 86.8 Å². The quantitative estimate of drug-likeness (QED) is 0.240. The van der Waals surface area contributed by atoms with Crippen LogP contribution in [-0.4, -0.2) is 44.3 Å². The molecule has 214 valence electrons. The molecule has 3 aromatic rings. The lowest BCUT2D eigenvalue weighted by molar-refractivity contribution is -0.140. The normalized spacial score (nSPS) is 12.0. The van der Waals surface area contributed by atoms with E-state index in [1.807, 2.05) is 6.92 Å². The summed E-state index contributed by atoms with van der Waals surface area (Å²) in [5.74, 6) is -1.58. The molecule has 0 fully saturated rings. The zero-order chi connectivity index (χ0) is 29.3. The molecule has 3 aromatic carbocycles. The van der Waals surface area contributed by atoms with Crippen molar-refractivity contribution in [2.45, 2.75) is 50.6 Å². The Balaban J connectivity index is 2.06. The predicted molar refractivity (Wildman–Crippen MR) is 156 cm³/mol. The van der Waals surface area contributed by atoms with Crippen molar-refractivity contribution in [1.82, 2.24) is 10.2 Å². The summed E-state index contributed by atoms with van der Waals surface area (Å²) in [5.41, 5.74) is 0.521. The van der Waals surface area contributed by atoms with Gasteiger partial charge in [0.1, 0.15) is 18.4 Å². The Bertz CT molecular complexity index is 1390. The summed E-state index contributed by atoms with van der Waals surface area (Å²) in [6, 6.07) is 16.4. The molecule has 3 rings (SSSR count). The van der Waals surface area contributed by atoms with Crippen LogP contribution in [0.5, 0.6) is 0 Å². The van der Waals surface area contributed by atoms with Crippen molar-refractivity contribution < 1.29 is 22.4 Å². The standard InChI is InChI=1S/C29H32Cl2FN3O4S/c1-3-5-18-33-29(37)27(4-2)34(19-24-25(30)12-9-13-26(24)31)28(36)20-35(22-16-14-21(32)15-17-22)40(38,39)23-10-7-6-8-11-23/h6-17,27H,3-5,18-20H2,1-2H3,(H,33,37)/t27-/m0/s1. The largest absolute Gasteiger partial charge is 0.354 e. The lowest BCUT2D eigenvalue weighted by atomic mass is 10.1. The van der Waals surface area contributed by atoms with Gasteiger partial charge in [-0.25, -0.2) is 12.8 Å². The van der Waals surface area contributed by atoms with Crippen molar-refractivity contribution >= 4 is 50.7 Å². The summed E-state index contributed by atoms with van der Waals surface area (Å²) < 4.78 is 42.1. The highest BCUT2D eigenvalue weighted by Crippen LogP contribution is 2.29. The number of carbonyl (C=O) groups is 2. The highest BCUT2D eigenvalue weighted by atomic mass is 35.5. The molecule has 0 radical (unpaired) electrons. The van der Waals surface area contributed by atoms with Gasteiger partial charge in [-0.2, -0.15) is 0 Å². The summed E-state index contributed by atoms with van der Waals surface area (Å²) in [6.07, 6.45) is 1.90. The molecule has 0 saturated carbocycles. The van der Waals surface area contributed by atoms with E-state index in [-0.39, 0.29) is 29.5 Å². The van der Waals surface area contributed by atoms with Crippen LogP contribution in [0.2, 0.25) is 10.0 Å². The van der Waals surface area contributed by atoms with E-state index in [1.54, 1.807) is 43.3 Å². The van der Waals surface area contributed by atoms with E-state index in [9.17, 15) is 22.4 Å². The maximum atomic E-state index is 14.0. The predicted octanol–water partition coefficient (Wildman–Crippen LogP) is 6.05. The smallest absolute Gasteiger partial charge is 0.264 e. The molecular formula is C29H32Cl2FN3O4S. The monoisotopic (exact) mass is 607 g/mol. The first-order chi connectivity index (χ1) is 19.1. The molecule has 0 heterocycles. The summed E-state index contributed by atoms with van der Waals surface area (Å²) in [7, 11) is -4.24. The maximum Gasteiger partial charge on any atom is 0.264 e. The van der Waals surface area contributed by atoms with Crippen molar-refractivity contribution in [3.63, 3.8) is 0 Å². The number of sulfonamides is 1. The van der Waals surface area contributed by atoms with Crippen LogP contribution in [0.4, 0.5) is 10.1 Å². The molecule has 0 aromatic heterocycles. The lowest BCUT2D eigenvalue weighted by Gasteiger charge is -2.33. The van der Waals surface area contributed by atoms with E-state index in [0.29, 0.717) is 22.2 Å². The molecule has 0 aliphatic carbocycles. The van der Waals surface area contributed by atoms with Crippen molar-refractivity contribution in [2.24, 2.45) is 0 Å². The highest BCUT2D eigenvalue weighted by molar-refractivity contribution is 7.92. The molecular weight excluding hydrogens is 576 g/mol. The third kappa shape index (κ3) is 7.74. The molecule has 0 bridgehead atoms. The van der Waals surface area contributed by atoms with Crippen molar-refractivity contribution in [2.75, 3.05) is 17.4 Å². The second-order valence-corrected chi connectivity index (χ2v) is 11.8. The molecule has 1 atom stereocenters. The zero-order valence-corrected chi connectivity index (χ0v) is 24.6. The van der Waals surface area contributed by atoms with Crippen molar-refractivity contribution in [3.8, 4) is 0 Å². The number of halogens is 3. The van der Waals surface area contributed by atoms with Crippen LogP contribution in [0.1, 0.15) is 38.7 Å². The van der Waals surface area contributed by atoms with Crippen LogP contribution in [0.15, 0.2) is 77.7 Å². The van der Waals surface area contributed by atoms with Crippen molar-refractivity contribution in [3.05, 3.63) is 94.2 Å². The first-order valence-electron chi connectivity index (χ1n) is 12.9. The van der Waals surface area contributed by atoms with E-state index < -0.39 is 34.3 Å². The molecule has 0 aliphatic rings. The molecule has 1 N–H and O–H groups in total. The molecule has 0 spiro atoms. The number of amides is 2. The van der Waals surface area contributed by atoms with Gasteiger partial charge in [0.2, 0.25) is 11.8 Å². The van der Waals surface area contributed by atoms with E-state index in [4.69, 9.17) is 23.2 Å². The van der Waals surface area contributed by atoms with Crippen LogP contribution in [-0.2, 0) is 26.2 Å². The van der Waals surface area contributed by atoms with E-state index in [0.717, 1.165) is 29.3 Å². The maximum absolute atomic E-state index is 14.0. The molecule has 0 aliphatic heterocycles. The minimum Gasteiger partial charge on any atom is -0.354 e. The SMILES string of the molecule is CCCCNC(=O)[C@H](CC)N(Cc1c(Cl)cccc1Cl)C(=O)CN(c1ccc(F)cc1)S(=O)(=O)c1ccccc1. The Kier molecular flexibility index (Phi) is 11.4. The molecule has 0 saturated heterocycles. The van der Waals surface area contributed by atoms with Crippen LogP contribution in [0.3, 0.4) is 0 Å². The van der Waals surface area contributed by atoms with Gasteiger partial charge in [0, 0.05) is 28.7 Å². The summed E-state index contributed by atoms with van der Waals surface area (Å²) in [4.78, 5) is 28.5. The number of carbonyl (C=O) groups excluding carboxylic acids is 2. The van der Waals surface area contributed by atoms with Crippen LogP contribution in [0.25, 0.3) is 0 Å². The number of hydrogen-bond donors (Lipinski definition) is 1. The highest BCUT2D eigenvalue weighted by Gasteiger charge is 2.34. The number of anilines is 1. The third-order valence-electron chi connectivity index (χ3n) is 6.33. The Labute approximate surface area is 244 Å². The van der Waals surface area contributed by atoms with Gasteiger partial charge >= 0.3 is 0 Å². The number of nitrogens with zero attached hydrogens (tertiary/aromatic N) is 2. The fourth-order valence-electron chi connectivity index (χ4n) is 4.14. The fourth-order valence-corrected chi connectivity index (χ4v) is 6.09. The van der Waals surface area contributed by atoms with Gasteiger partial charge in [0.05, 0.1) is 10.6 Å². The number of unbranched alkanes of at least 4 members (excludes halogenated alkanes) is 1. The van der Waals surface area contributed by atoms with Gasteiger partial charge in [-0.05, 0) is 61.4 Å². The van der Waals surface area contributed by atoms with Gasteiger partial charge in [-0.15, -0.1) is 0 Å². The summed E-state index contributed by atoms with van der Waals surface area (Å²) >= 11 is 12.8. The van der Waals surface area contributed by atoms with Gasteiger partial charge in [-0.1, -0.05) is 67.7 Å². The second kappa shape index (κ2) is 14.5. The average molecular weight is 609 g/mol. The Morgan fingerprint density at radius 2 is 1.55 bits per heavy atom. The molecule has 7 nitrogen and oxygen atoms in total. The summed E-state index contributed by atoms with van der Waals surface area (Å²) in [5, 5.41) is 3.47. The van der Waals surface area contributed by atoms with E-state index >= 15 is 0 Å². The number of benzene rings is 3. The molecule has 11 heteroatoms. The summed E-state index contributed by atoms with van der Waals surface area (Å²) in [6.45, 7) is 3.42. The van der Waals surface area contributed by atoms with Crippen LogP contribution >= 0.6 is 23.2 Å². The van der Waals surface area contributed by atoms with E-state index in [1.165, 1.54) is 29.2 Å². The van der Waals surface area contributed by atoms with Gasteiger partial charge in [0.15, 0.2) is 0 Å². The minimum atomic E-state index is -4.24. The van der Waals surface area contributed by atoms with Gasteiger partial charge in [-0.3, -0.25) is 13.9 Å². The van der Waals surface area contributed by atoms with Gasteiger partial charge < -0.3 is 10.2 Å². The minimum absolute atomic E-state index is 0.0443. The Morgan fingerprint density at radius 1 is 0.925 bits per heavy atom. The van der Waals surface area contributed by atoms with Gasteiger partial charge in [0.25, 0.3) is 10.0 Å². The zero-order valence-electron chi connectivity index (χ0n) is 22.3. The Hall–Kier alpha value is -3.14. The lowest BCUT2D eigenvalue weighted by Crippen LogP contribution is -2.52. The average Bonchev–Trinajstić information content (AvgIpc) is 2.94. The molecule has 2 amide bonds. The number of hydrogen-bond acceptors (Lipinski definition) is 4. The third-order valence-corrected chi connectivity index (χ3v) is 8.83. The molecule has 40 heavy (non-hydrogen) atoms. The van der Waals surface area contributed by atoms with Crippen molar-refractivity contribution in [1.29, 1.82) is 0 Å². The molecule has 0 unspecified atom stereocenters. The first kappa shape index (κ1) is 31.4. The number of nitrogens with one attached hydrogen (secondary N) is 1. The number of rotatable bonds is 13. The second-order valence-electron chi connectivity index (χ2n) is 9.09. The van der Waals surface area contributed by atoms with E-state index in [2.05, 4.69) is 5.32 Å². The fraction of sp³-hybridized carbons (Fsp3) is 0.310. The van der Waals surface area contributed by atoms with Crippen LogP contribution in [0, 0.1) is 5.82 Å². The first-order valence-corrected chi connectivity index (χ1v) is 15.1. The Morgan fingerprint density at radius 3 is 2.12 bits per heavy atom.